The number of likely N-dealkylation sites (N-methyl/N-ethyl adjacent to an activating group) is 1. The molecular formula is C13H19N3O3. The highest BCUT2D eigenvalue weighted by Gasteiger charge is 2.08. The van der Waals surface area contributed by atoms with E-state index in [-0.39, 0.29) is 11.6 Å². The molecular weight excluding hydrogens is 246 g/mol. The highest BCUT2D eigenvalue weighted by Crippen LogP contribution is 2.15. The Balaban J connectivity index is 2.55. The molecule has 6 nitrogen and oxygen atoms in total. The van der Waals surface area contributed by atoms with E-state index in [9.17, 15) is 9.59 Å². The number of urea groups is 1. The molecule has 0 fully saturated rings. The van der Waals surface area contributed by atoms with Gasteiger partial charge in [0.15, 0.2) is 0 Å². The van der Waals surface area contributed by atoms with Crippen molar-refractivity contribution in [3.05, 3.63) is 29.3 Å². The molecule has 19 heavy (non-hydrogen) atoms. The molecule has 0 bridgehead atoms. The highest BCUT2D eigenvalue weighted by molar-refractivity contribution is 5.92. The Hall–Kier alpha value is -2.08. The molecule has 1 aromatic rings. The number of hydrogen-bond donors (Lipinski definition) is 3. The van der Waals surface area contributed by atoms with Crippen LogP contribution in [0.3, 0.4) is 0 Å². The molecule has 0 saturated heterocycles. The van der Waals surface area contributed by atoms with Crippen LogP contribution in [0.15, 0.2) is 18.2 Å². The summed E-state index contributed by atoms with van der Waals surface area (Å²) in [6.07, 6.45) is 0. The SMILES string of the molecule is Cc1cc(NC(=O)NCCN(C)C)ccc1C(=O)O. The monoisotopic (exact) mass is 265 g/mol. The molecule has 1 rings (SSSR count). The minimum Gasteiger partial charge on any atom is -0.478 e. The van der Waals surface area contributed by atoms with Gasteiger partial charge in [-0.2, -0.15) is 0 Å². The lowest BCUT2D eigenvalue weighted by Crippen LogP contribution is -2.34. The number of carbonyl (C=O) groups excluding carboxylic acids is 1. The molecule has 1 aromatic carbocycles. The second kappa shape index (κ2) is 6.75. The molecule has 2 amide bonds. The Morgan fingerprint density at radius 3 is 2.53 bits per heavy atom. The Labute approximate surface area is 112 Å². The van der Waals surface area contributed by atoms with Crippen LogP contribution in [0, 0.1) is 6.92 Å². The third-order valence-corrected chi connectivity index (χ3v) is 2.56. The van der Waals surface area contributed by atoms with Gasteiger partial charge in [0.25, 0.3) is 0 Å². The number of aryl methyl sites for hydroxylation is 1. The number of carboxylic acids is 1. The molecule has 3 N–H and O–H groups in total. The number of nitrogens with one attached hydrogen (secondary N) is 2. The second-order valence-corrected chi connectivity index (χ2v) is 4.52. The van der Waals surface area contributed by atoms with Gasteiger partial charge in [-0.15, -0.1) is 0 Å². The smallest absolute Gasteiger partial charge is 0.335 e. The van der Waals surface area contributed by atoms with Gasteiger partial charge < -0.3 is 20.6 Å². The molecule has 0 radical (unpaired) electrons. The quantitative estimate of drug-likeness (QED) is 0.751. The zero-order chi connectivity index (χ0) is 14.4. The van der Waals surface area contributed by atoms with Gasteiger partial charge >= 0.3 is 12.0 Å². The lowest BCUT2D eigenvalue weighted by Gasteiger charge is -2.12. The topological polar surface area (TPSA) is 81.7 Å². The summed E-state index contributed by atoms with van der Waals surface area (Å²) in [5.74, 6) is -0.973. The molecule has 0 aromatic heterocycles. The van der Waals surface area contributed by atoms with Crippen molar-refractivity contribution in [3.63, 3.8) is 0 Å². The van der Waals surface area contributed by atoms with Gasteiger partial charge in [-0.1, -0.05) is 0 Å². The molecule has 6 heteroatoms. The first kappa shape index (κ1) is 15.0. The summed E-state index contributed by atoms with van der Waals surface area (Å²) in [6.45, 7) is 2.99. The van der Waals surface area contributed by atoms with Gasteiger partial charge in [0.2, 0.25) is 0 Å². The molecule has 0 aliphatic carbocycles. The van der Waals surface area contributed by atoms with E-state index >= 15 is 0 Å². The maximum Gasteiger partial charge on any atom is 0.335 e. The summed E-state index contributed by atoms with van der Waals surface area (Å²) in [4.78, 5) is 24.4. The largest absolute Gasteiger partial charge is 0.478 e. The van der Waals surface area contributed by atoms with Crippen LogP contribution in [-0.4, -0.2) is 49.2 Å². The maximum absolute atomic E-state index is 11.6. The van der Waals surface area contributed by atoms with Crippen LogP contribution in [0.2, 0.25) is 0 Å². The summed E-state index contributed by atoms with van der Waals surface area (Å²) in [5.41, 5.74) is 1.42. The molecule has 0 spiro atoms. The highest BCUT2D eigenvalue weighted by atomic mass is 16.4. The van der Waals surface area contributed by atoms with Crippen molar-refractivity contribution in [2.24, 2.45) is 0 Å². The van der Waals surface area contributed by atoms with Crippen molar-refractivity contribution in [3.8, 4) is 0 Å². The van der Waals surface area contributed by atoms with E-state index in [0.29, 0.717) is 17.8 Å². The van der Waals surface area contributed by atoms with E-state index in [4.69, 9.17) is 5.11 Å². The zero-order valence-corrected chi connectivity index (χ0v) is 11.4. The number of amides is 2. The van der Waals surface area contributed by atoms with Gasteiger partial charge in [-0.25, -0.2) is 9.59 Å². The summed E-state index contributed by atoms with van der Waals surface area (Å²) >= 11 is 0. The molecule has 0 heterocycles. The standard InChI is InChI=1S/C13H19N3O3/c1-9-8-10(4-5-11(9)12(17)18)15-13(19)14-6-7-16(2)3/h4-5,8H,6-7H2,1-3H3,(H,17,18)(H2,14,15,19). The number of aromatic carboxylic acids is 1. The third-order valence-electron chi connectivity index (χ3n) is 2.56. The van der Waals surface area contributed by atoms with E-state index in [1.807, 2.05) is 19.0 Å². The van der Waals surface area contributed by atoms with Gasteiger partial charge in [-0.3, -0.25) is 0 Å². The minimum atomic E-state index is -0.973. The molecule has 104 valence electrons. The van der Waals surface area contributed by atoms with Crippen molar-refractivity contribution in [2.45, 2.75) is 6.92 Å². The Kier molecular flexibility index (Phi) is 5.32. The van der Waals surface area contributed by atoms with Crippen LogP contribution in [0.4, 0.5) is 10.5 Å². The van der Waals surface area contributed by atoms with E-state index in [1.54, 1.807) is 19.1 Å². The van der Waals surface area contributed by atoms with E-state index < -0.39 is 5.97 Å². The number of benzene rings is 1. The van der Waals surface area contributed by atoms with Crippen molar-refractivity contribution in [2.75, 3.05) is 32.5 Å². The van der Waals surface area contributed by atoms with Crippen molar-refractivity contribution in [1.29, 1.82) is 0 Å². The fourth-order valence-corrected chi connectivity index (χ4v) is 1.55. The minimum absolute atomic E-state index is 0.235. The molecule has 0 unspecified atom stereocenters. The number of nitrogens with zero attached hydrogens (tertiary/aromatic N) is 1. The predicted molar refractivity (Wildman–Crippen MR) is 73.7 cm³/mol. The van der Waals surface area contributed by atoms with Crippen LogP contribution in [0.25, 0.3) is 0 Å². The van der Waals surface area contributed by atoms with E-state index in [2.05, 4.69) is 10.6 Å². The first-order valence-electron chi connectivity index (χ1n) is 5.93. The summed E-state index contributed by atoms with van der Waals surface area (Å²) in [6, 6.07) is 4.38. The maximum atomic E-state index is 11.6. The molecule has 0 saturated carbocycles. The van der Waals surface area contributed by atoms with Crippen molar-refractivity contribution in [1.82, 2.24) is 10.2 Å². The lowest BCUT2D eigenvalue weighted by atomic mass is 10.1. The number of carboxylic acid groups (broad SMARTS) is 1. The second-order valence-electron chi connectivity index (χ2n) is 4.52. The average molecular weight is 265 g/mol. The Bertz CT molecular complexity index is 472. The Morgan fingerprint density at radius 1 is 1.32 bits per heavy atom. The third kappa shape index (κ3) is 4.97. The number of carbonyl (C=O) groups is 2. The number of hydrogen-bond acceptors (Lipinski definition) is 3. The fraction of sp³-hybridized carbons (Fsp3) is 0.385. The summed E-state index contributed by atoms with van der Waals surface area (Å²) < 4.78 is 0. The van der Waals surface area contributed by atoms with Crippen LogP contribution in [0.1, 0.15) is 15.9 Å². The average Bonchev–Trinajstić information content (AvgIpc) is 2.27. The Morgan fingerprint density at radius 2 is 2.00 bits per heavy atom. The fourth-order valence-electron chi connectivity index (χ4n) is 1.55. The van der Waals surface area contributed by atoms with Crippen molar-refractivity contribution < 1.29 is 14.7 Å². The summed E-state index contributed by atoms with van der Waals surface area (Å²) in [5, 5.41) is 14.3. The van der Waals surface area contributed by atoms with Crippen LogP contribution >= 0.6 is 0 Å². The molecule has 0 atom stereocenters. The predicted octanol–water partition coefficient (Wildman–Crippen LogP) is 1.38. The first-order valence-corrected chi connectivity index (χ1v) is 5.93. The van der Waals surface area contributed by atoms with E-state index in [0.717, 1.165) is 6.54 Å². The van der Waals surface area contributed by atoms with Crippen LogP contribution in [0.5, 0.6) is 0 Å². The zero-order valence-electron chi connectivity index (χ0n) is 11.4. The normalized spacial score (nSPS) is 10.3. The van der Waals surface area contributed by atoms with Gasteiger partial charge in [-0.05, 0) is 44.8 Å². The molecule has 0 aliphatic heterocycles. The van der Waals surface area contributed by atoms with Crippen LogP contribution in [-0.2, 0) is 0 Å². The number of anilines is 1. The molecule has 0 aliphatic rings. The lowest BCUT2D eigenvalue weighted by molar-refractivity contribution is 0.0696. The van der Waals surface area contributed by atoms with Gasteiger partial charge in [0.05, 0.1) is 5.56 Å². The first-order chi connectivity index (χ1) is 8.90. The summed E-state index contributed by atoms with van der Waals surface area (Å²) in [7, 11) is 3.85. The van der Waals surface area contributed by atoms with Gasteiger partial charge in [0, 0.05) is 18.8 Å². The van der Waals surface area contributed by atoms with Gasteiger partial charge in [0.1, 0.15) is 0 Å². The van der Waals surface area contributed by atoms with Crippen LogP contribution < -0.4 is 10.6 Å². The van der Waals surface area contributed by atoms with E-state index in [1.165, 1.54) is 6.07 Å². The number of rotatable bonds is 5. The van der Waals surface area contributed by atoms with Crippen molar-refractivity contribution >= 4 is 17.7 Å².